The lowest BCUT2D eigenvalue weighted by atomic mass is 9.44. The van der Waals surface area contributed by atoms with Gasteiger partial charge >= 0.3 is 0 Å². The molecule has 0 bridgehead atoms. The Kier molecular flexibility index (Phi) is 28.0. The minimum atomic E-state index is 0.313. The molecule has 0 heterocycles. The van der Waals surface area contributed by atoms with Crippen molar-refractivity contribution in [3.05, 3.63) is 0 Å². The monoisotopic (exact) mass is 825 g/mol. The predicted octanol–water partition coefficient (Wildman–Crippen LogP) is 17.3. The van der Waals surface area contributed by atoms with Crippen LogP contribution in [-0.2, 0) is 4.79 Å². The first-order valence-electron chi connectivity index (χ1n) is 27.8. The molecule has 0 aromatic rings. The largest absolute Gasteiger partial charge is 0.356 e. The van der Waals surface area contributed by atoms with E-state index < -0.39 is 0 Å². The molecule has 3 nitrogen and oxygen atoms in total. The van der Waals surface area contributed by atoms with E-state index >= 15 is 0 Å². The molecule has 0 aromatic carbocycles. The third kappa shape index (κ3) is 18.2. The Morgan fingerprint density at radius 1 is 0.559 bits per heavy atom. The highest BCUT2D eigenvalue weighted by molar-refractivity contribution is 5.75. The molecule has 1 N–H and O–H groups in total. The first-order chi connectivity index (χ1) is 28.8. The van der Waals surface area contributed by atoms with Crippen LogP contribution in [0.25, 0.3) is 0 Å². The van der Waals surface area contributed by atoms with Crippen LogP contribution in [0.3, 0.4) is 0 Å². The van der Waals surface area contributed by atoms with Crippen molar-refractivity contribution >= 4 is 5.91 Å². The predicted molar refractivity (Wildman–Crippen MR) is 261 cm³/mol. The molecule has 0 saturated heterocycles. The number of fused-ring (bicyclic) bond motifs is 5. The zero-order chi connectivity index (χ0) is 42.6. The lowest BCUT2D eigenvalue weighted by molar-refractivity contribution is -0.122. The lowest BCUT2D eigenvalue weighted by Gasteiger charge is -2.61. The summed E-state index contributed by atoms with van der Waals surface area (Å²) in [5.41, 5.74) is 1.16. The fourth-order valence-electron chi connectivity index (χ4n) is 13.9. The highest BCUT2D eigenvalue weighted by Crippen LogP contribution is 2.68. The van der Waals surface area contributed by atoms with Crippen LogP contribution in [0.15, 0.2) is 0 Å². The van der Waals surface area contributed by atoms with Crippen LogP contribution in [0.1, 0.15) is 280 Å². The average molecular weight is 825 g/mol. The highest BCUT2D eigenvalue weighted by atomic mass is 16.1. The number of carbonyl (C=O) groups is 1. The number of hydrogen-bond acceptors (Lipinski definition) is 2. The summed E-state index contributed by atoms with van der Waals surface area (Å²) in [5, 5.41) is 3.34. The van der Waals surface area contributed by atoms with E-state index in [9.17, 15) is 4.79 Å². The van der Waals surface area contributed by atoms with Gasteiger partial charge in [-0.05, 0) is 149 Å². The maximum atomic E-state index is 13.0. The Morgan fingerprint density at radius 3 is 1.59 bits per heavy atom. The van der Waals surface area contributed by atoms with Gasteiger partial charge in [0.25, 0.3) is 0 Å². The van der Waals surface area contributed by atoms with E-state index in [1.807, 2.05) is 13.8 Å². The molecule has 4 saturated carbocycles. The summed E-state index contributed by atoms with van der Waals surface area (Å²) >= 11 is 0. The first kappa shape index (κ1) is 52.8. The van der Waals surface area contributed by atoms with Crippen molar-refractivity contribution in [2.24, 2.45) is 46.3 Å². The molecule has 1 amide bonds. The normalized spacial score (nSPS) is 28.0. The van der Waals surface area contributed by atoms with Gasteiger partial charge in [0, 0.05) is 13.0 Å². The van der Waals surface area contributed by atoms with E-state index in [-0.39, 0.29) is 0 Å². The minimum Gasteiger partial charge on any atom is -0.356 e. The van der Waals surface area contributed by atoms with Crippen molar-refractivity contribution in [2.45, 2.75) is 280 Å². The molecule has 3 heteroatoms. The van der Waals surface area contributed by atoms with Crippen LogP contribution in [-0.4, -0.2) is 37.0 Å². The molecule has 0 aromatic heterocycles. The Morgan fingerprint density at radius 2 is 1.05 bits per heavy atom. The molecule has 0 aliphatic heterocycles. The Labute approximate surface area is 371 Å². The standard InChI is InChI=1S/C54H102N2O.C2H6/c1-6-8-10-12-14-16-18-20-23-29-43-56(44-30-24-21-19-17-15-13-11-9-7-2)45-31-25-22-28-42-55-52(57)38-33-46(3)49-36-37-50-48-35-34-47-32-26-27-40-53(47,4)51(48)39-41-54(49,50)5;1-2/h46-51H,6-45H2,1-5H3,(H,55,57);1-2H3. The molecule has 348 valence electrons. The second-order valence-corrected chi connectivity index (χ2v) is 21.6. The number of unbranched alkanes of at least 4 members (excludes halogenated alkanes) is 21. The van der Waals surface area contributed by atoms with Crippen molar-refractivity contribution in [3.8, 4) is 0 Å². The third-order valence-electron chi connectivity index (χ3n) is 17.5. The summed E-state index contributed by atoms with van der Waals surface area (Å²) in [6, 6.07) is 0. The van der Waals surface area contributed by atoms with Gasteiger partial charge in [-0.2, -0.15) is 0 Å². The van der Waals surface area contributed by atoms with E-state index in [0.717, 1.165) is 55.4 Å². The van der Waals surface area contributed by atoms with E-state index in [1.165, 1.54) is 232 Å². The van der Waals surface area contributed by atoms with Crippen LogP contribution in [0, 0.1) is 46.3 Å². The summed E-state index contributed by atoms with van der Waals surface area (Å²) in [6.45, 7) is 21.3. The fraction of sp³-hybridized carbons (Fsp3) is 0.982. The van der Waals surface area contributed by atoms with Crippen LogP contribution in [0.2, 0.25) is 0 Å². The molecule has 8 atom stereocenters. The Balaban J connectivity index is 0.00000458. The lowest BCUT2D eigenvalue weighted by Crippen LogP contribution is -2.53. The summed E-state index contributed by atoms with van der Waals surface area (Å²) in [4.78, 5) is 15.8. The topological polar surface area (TPSA) is 32.3 Å². The number of nitrogens with one attached hydrogen (secondary N) is 1. The maximum absolute atomic E-state index is 13.0. The van der Waals surface area contributed by atoms with Gasteiger partial charge in [0.15, 0.2) is 0 Å². The van der Waals surface area contributed by atoms with Gasteiger partial charge in [-0.3, -0.25) is 4.79 Å². The molecule has 4 rings (SSSR count). The van der Waals surface area contributed by atoms with Gasteiger partial charge in [-0.25, -0.2) is 0 Å². The summed E-state index contributed by atoms with van der Waals surface area (Å²) < 4.78 is 0. The molecule has 0 radical (unpaired) electrons. The van der Waals surface area contributed by atoms with Crippen LogP contribution < -0.4 is 5.32 Å². The number of rotatable bonds is 33. The summed E-state index contributed by atoms with van der Waals surface area (Å²) in [7, 11) is 0. The van der Waals surface area contributed by atoms with Gasteiger partial charge in [0.05, 0.1) is 0 Å². The van der Waals surface area contributed by atoms with Crippen LogP contribution >= 0.6 is 0 Å². The van der Waals surface area contributed by atoms with Gasteiger partial charge in [-0.15, -0.1) is 0 Å². The van der Waals surface area contributed by atoms with Gasteiger partial charge in [0.2, 0.25) is 5.91 Å². The molecule has 4 fully saturated rings. The van der Waals surface area contributed by atoms with Crippen LogP contribution in [0.4, 0.5) is 0 Å². The quantitative estimate of drug-likeness (QED) is 0.0669. The maximum Gasteiger partial charge on any atom is 0.220 e. The van der Waals surface area contributed by atoms with Crippen molar-refractivity contribution in [2.75, 3.05) is 26.2 Å². The first-order valence-corrected chi connectivity index (χ1v) is 27.8. The van der Waals surface area contributed by atoms with Gasteiger partial charge in [-0.1, -0.05) is 190 Å². The minimum absolute atomic E-state index is 0.313. The Bertz CT molecular complexity index is 1000. The van der Waals surface area contributed by atoms with Gasteiger partial charge in [0.1, 0.15) is 0 Å². The van der Waals surface area contributed by atoms with Crippen molar-refractivity contribution in [3.63, 3.8) is 0 Å². The average Bonchev–Trinajstić information content (AvgIpc) is 3.61. The molecule has 4 aliphatic rings. The van der Waals surface area contributed by atoms with E-state index in [2.05, 4.69) is 44.8 Å². The van der Waals surface area contributed by atoms with E-state index in [0.29, 0.717) is 22.7 Å². The number of hydrogen-bond donors (Lipinski definition) is 1. The van der Waals surface area contributed by atoms with Crippen molar-refractivity contribution < 1.29 is 4.79 Å². The molecular formula is C56H108N2O. The molecule has 4 aliphatic carbocycles. The molecule has 8 unspecified atom stereocenters. The smallest absolute Gasteiger partial charge is 0.220 e. The third-order valence-corrected chi connectivity index (χ3v) is 17.5. The molecule has 0 spiro atoms. The summed E-state index contributed by atoms with van der Waals surface area (Å²) in [5.74, 6) is 5.76. The zero-order valence-corrected chi connectivity index (χ0v) is 41.6. The zero-order valence-electron chi connectivity index (χ0n) is 41.6. The second kappa shape index (κ2) is 31.3. The van der Waals surface area contributed by atoms with Crippen LogP contribution in [0.5, 0.6) is 0 Å². The second-order valence-electron chi connectivity index (χ2n) is 21.6. The fourth-order valence-corrected chi connectivity index (χ4v) is 13.9. The highest BCUT2D eigenvalue weighted by Gasteiger charge is 2.60. The van der Waals surface area contributed by atoms with E-state index in [1.54, 1.807) is 0 Å². The van der Waals surface area contributed by atoms with Crippen molar-refractivity contribution in [1.82, 2.24) is 10.2 Å². The van der Waals surface area contributed by atoms with Crippen molar-refractivity contribution in [1.29, 1.82) is 0 Å². The number of amides is 1. The van der Waals surface area contributed by atoms with Gasteiger partial charge < -0.3 is 10.2 Å². The van der Waals surface area contributed by atoms with E-state index in [4.69, 9.17) is 0 Å². The molecule has 59 heavy (non-hydrogen) atoms. The Hall–Kier alpha value is -0.570. The molecular weight excluding hydrogens is 717 g/mol. The number of carbonyl (C=O) groups excluding carboxylic acids is 1. The summed E-state index contributed by atoms with van der Waals surface area (Å²) in [6.07, 6.45) is 50.2. The SMILES string of the molecule is CC.CCCCCCCCCCCCN(CCCCCCCCCCCC)CCCCCCNC(=O)CCC(C)C1CCC2C3CCC4CCCCC4(C)C3CCC12C. The number of nitrogens with zero attached hydrogens (tertiary/aromatic N) is 1.